The molecule has 0 aromatic carbocycles. The number of unbranched alkanes of at least 4 members (excludes halogenated alkanes) is 1. The van der Waals surface area contributed by atoms with Crippen LogP contribution in [0.15, 0.2) is 29.5 Å². The van der Waals surface area contributed by atoms with Crippen LogP contribution in [-0.4, -0.2) is 5.71 Å². The highest BCUT2D eigenvalue weighted by Gasteiger charge is 1.97. The molecule has 0 aliphatic rings. The molecular weight excluding hydrogens is 172 g/mol. The normalized spacial score (nSPS) is 10.1. The third kappa shape index (κ3) is 9.04. The largest absolute Gasteiger partial charge is 0.384 e. The maximum atomic E-state index is 5.34. The zero-order valence-electron chi connectivity index (χ0n) is 10.1. The fourth-order valence-electron chi connectivity index (χ4n) is 0.866. The summed E-state index contributed by atoms with van der Waals surface area (Å²) in [6.07, 6.45) is 3.33. The van der Waals surface area contributed by atoms with Crippen molar-refractivity contribution in [1.29, 1.82) is 0 Å². The Morgan fingerprint density at radius 1 is 1.29 bits per heavy atom. The topological polar surface area (TPSA) is 38.4 Å². The Morgan fingerprint density at radius 2 is 1.79 bits per heavy atom. The van der Waals surface area contributed by atoms with E-state index < -0.39 is 0 Å². The Kier molecular flexibility index (Phi) is 11.1. The van der Waals surface area contributed by atoms with E-state index in [1.807, 2.05) is 20.8 Å². The predicted molar refractivity (Wildman–Crippen MR) is 66.4 cm³/mol. The number of rotatable bonds is 5. The van der Waals surface area contributed by atoms with Gasteiger partial charge in [0.1, 0.15) is 5.82 Å². The van der Waals surface area contributed by atoms with Crippen LogP contribution in [0, 0.1) is 0 Å². The number of aliphatic imine (C=N–C) groups is 1. The van der Waals surface area contributed by atoms with Crippen LogP contribution in [0.1, 0.15) is 47.0 Å². The fourth-order valence-corrected chi connectivity index (χ4v) is 0.866. The first-order valence-electron chi connectivity index (χ1n) is 5.25. The molecule has 0 unspecified atom stereocenters. The van der Waals surface area contributed by atoms with Crippen LogP contribution in [0.4, 0.5) is 0 Å². The molecule has 2 heteroatoms. The Bertz CT molecular complexity index is 202. The van der Waals surface area contributed by atoms with Gasteiger partial charge in [-0.3, -0.25) is 0 Å². The maximum Gasteiger partial charge on any atom is 0.116 e. The average Bonchev–Trinajstić information content (AvgIpc) is 2.16. The molecule has 0 bridgehead atoms. The summed E-state index contributed by atoms with van der Waals surface area (Å²) in [5, 5.41) is 0. The van der Waals surface area contributed by atoms with E-state index in [9.17, 15) is 0 Å². The second-order valence-electron chi connectivity index (χ2n) is 2.90. The van der Waals surface area contributed by atoms with Crippen molar-refractivity contribution in [3.63, 3.8) is 0 Å². The Morgan fingerprint density at radius 3 is 2.14 bits per heavy atom. The van der Waals surface area contributed by atoms with E-state index in [1.54, 1.807) is 0 Å². The average molecular weight is 196 g/mol. The van der Waals surface area contributed by atoms with Gasteiger partial charge in [-0.2, -0.15) is 0 Å². The SMILES string of the molecule is C=C(N)/N=C(/C)C(=C)CCCC.CC. The van der Waals surface area contributed by atoms with Gasteiger partial charge in [0, 0.05) is 5.71 Å². The second kappa shape index (κ2) is 10.0. The van der Waals surface area contributed by atoms with Gasteiger partial charge < -0.3 is 5.73 Å². The van der Waals surface area contributed by atoms with E-state index in [2.05, 4.69) is 25.1 Å². The molecule has 0 rings (SSSR count). The van der Waals surface area contributed by atoms with Gasteiger partial charge in [-0.1, -0.05) is 40.3 Å². The minimum Gasteiger partial charge on any atom is -0.384 e. The summed E-state index contributed by atoms with van der Waals surface area (Å²) < 4.78 is 0. The number of nitrogens with zero attached hydrogens (tertiary/aromatic N) is 1. The van der Waals surface area contributed by atoms with Crippen LogP contribution in [0.5, 0.6) is 0 Å². The van der Waals surface area contributed by atoms with E-state index in [1.165, 1.54) is 6.42 Å². The van der Waals surface area contributed by atoms with Crippen molar-refractivity contribution in [3.8, 4) is 0 Å². The van der Waals surface area contributed by atoms with Gasteiger partial charge in [-0.25, -0.2) is 4.99 Å². The molecule has 0 aliphatic carbocycles. The number of allylic oxidation sites excluding steroid dienone is 1. The first kappa shape index (κ1) is 15.4. The minimum atomic E-state index is 0.352. The molecule has 14 heavy (non-hydrogen) atoms. The lowest BCUT2D eigenvalue weighted by Crippen LogP contribution is -2.00. The molecule has 0 saturated carbocycles. The number of hydrogen-bond donors (Lipinski definition) is 1. The van der Waals surface area contributed by atoms with E-state index in [-0.39, 0.29) is 0 Å². The fraction of sp³-hybridized carbons (Fsp3) is 0.583. The maximum absolute atomic E-state index is 5.34. The van der Waals surface area contributed by atoms with Crippen LogP contribution in [0.2, 0.25) is 0 Å². The van der Waals surface area contributed by atoms with Crippen LogP contribution < -0.4 is 5.73 Å². The lowest BCUT2D eigenvalue weighted by Gasteiger charge is -2.03. The third-order valence-electron chi connectivity index (χ3n) is 1.66. The van der Waals surface area contributed by atoms with Crippen LogP contribution >= 0.6 is 0 Å². The molecule has 0 spiro atoms. The zero-order valence-corrected chi connectivity index (χ0v) is 10.1. The second-order valence-corrected chi connectivity index (χ2v) is 2.90. The molecule has 0 heterocycles. The summed E-state index contributed by atoms with van der Waals surface area (Å²) in [5.41, 5.74) is 7.29. The highest BCUT2D eigenvalue weighted by Crippen LogP contribution is 2.07. The highest BCUT2D eigenvalue weighted by atomic mass is 14.9. The Balaban J connectivity index is 0. The summed E-state index contributed by atoms with van der Waals surface area (Å²) in [7, 11) is 0. The van der Waals surface area contributed by atoms with E-state index >= 15 is 0 Å². The molecule has 0 saturated heterocycles. The monoisotopic (exact) mass is 196 g/mol. The molecule has 0 atom stereocenters. The molecule has 0 aromatic heterocycles. The minimum absolute atomic E-state index is 0.352. The van der Waals surface area contributed by atoms with Crippen molar-refractivity contribution in [1.82, 2.24) is 0 Å². The van der Waals surface area contributed by atoms with Crippen LogP contribution in [0.3, 0.4) is 0 Å². The lowest BCUT2D eigenvalue weighted by molar-refractivity contribution is 0.803. The van der Waals surface area contributed by atoms with Gasteiger partial charge in [0.15, 0.2) is 0 Å². The van der Waals surface area contributed by atoms with E-state index in [4.69, 9.17) is 5.73 Å². The number of nitrogens with two attached hydrogens (primary N) is 1. The summed E-state index contributed by atoms with van der Waals surface area (Å²) in [4.78, 5) is 4.03. The number of hydrogen-bond acceptors (Lipinski definition) is 2. The van der Waals surface area contributed by atoms with Gasteiger partial charge in [0.25, 0.3) is 0 Å². The standard InChI is InChI=1S/C10H18N2.C2H6/c1-5-6-7-8(2)9(3)12-10(4)11;1-2/h2,4-7,11H2,1,3H3;1-2H3/b12-9-;. The lowest BCUT2D eigenvalue weighted by atomic mass is 10.1. The molecule has 0 radical (unpaired) electrons. The van der Waals surface area contributed by atoms with E-state index in [0.29, 0.717) is 5.82 Å². The van der Waals surface area contributed by atoms with Crippen molar-refractivity contribution in [2.45, 2.75) is 47.0 Å². The van der Waals surface area contributed by atoms with Gasteiger partial charge in [0.05, 0.1) is 0 Å². The van der Waals surface area contributed by atoms with Gasteiger partial charge in [0.2, 0.25) is 0 Å². The van der Waals surface area contributed by atoms with Gasteiger partial charge in [-0.15, -0.1) is 0 Å². The predicted octanol–water partition coefficient (Wildman–Crippen LogP) is 3.65. The molecule has 0 amide bonds. The summed E-state index contributed by atoms with van der Waals surface area (Å²) in [6, 6.07) is 0. The first-order valence-corrected chi connectivity index (χ1v) is 5.25. The van der Waals surface area contributed by atoms with Crippen molar-refractivity contribution < 1.29 is 0 Å². The summed E-state index contributed by atoms with van der Waals surface area (Å²) in [6.45, 7) is 15.5. The molecule has 0 aromatic rings. The molecule has 0 aliphatic heterocycles. The third-order valence-corrected chi connectivity index (χ3v) is 1.66. The van der Waals surface area contributed by atoms with Gasteiger partial charge >= 0.3 is 0 Å². The van der Waals surface area contributed by atoms with E-state index in [0.717, 1.165) is 24.1 Å². The molecule has 82 valence electrons. The molecule has 2 nitrogen and oxygen atoms in total. The van der Waals surface area contributed by atoms with Crippen molar-refractivity contribution in [3.05, 3.63) is 24.6 Å². The van der Waals surface area contributed by atoms with Crippen molar-refractivity contribution in [2.24, 2.45) is 10.7 Å². The molecule has 0 fully saturated rings. The summed E-state index contributed by atoms with van der Waals surface area (Å²) in [5.74, 6) is 0.352. The van der Waals surface area contributed by atoms with Crippen LogP contribution in [0.25, 0.3) is 0 Å². The first-order chi connectivity index (χ1) is 6.57. The summed E-state index contributed by atoms with van der Waals surface area (Å²) >= 11 is 0. The smallest absolute Gasteiger partial charge is 0.116 e. The molecular formula is C12H24N2. The Labute approximate surface area is 88.6 Å². The molecule has 2 N–H and O–H groups in total. The quantitative estimate of drug-likeness (QED) is 0.670. The highest BCUT2D eigenvalue weighted by molar-refractivity contribution is 5.98. The Hall–Kier alpha value is -1.05. The zero-order chi connectivity index (χ0) is 11.6. The van der Waals surface area contributed by atoms with Gasteiger partial charge in [-0.05, 0) is 25.3 Å². The van der Waals surface area contributed by atoms with Crippen molar-refractivity contribution >= 4 is 5.71 Å². The van der Waals surface area contributed by atoms with Crippen molar-refractivity contribution in [2.75, 3.05) is 0 Å². The van der Waals surface area contributed by atoms with Crippen LogP contribution in [-0.2, 0) is 0 Å².